The smallest absolute Gasteiger partial charge is 0.103 e. The number of hydrogen-bond donors (Lipinski definition) is 2. The van der Waals surface area contributed by atoms with Crippen molar-refractivity contribution >= 4 is 0 Å². The van der Waals surface area contributed by atoms with Gasteiger partial charge in [0.05, 0.1) is 27.2 Å². The van der Waals surface area contributed by atoms with Gasteiger partial charge in [0.2, 0.25) is 0 Å². The number of unbranched alkanes of at least 4 members (excludes halogenated alkanes) is 2. The SMILES string of the molecule is C[NH+](CCCCc1ccccc1)Cc1cccc(C[NH+](C)CCCCc2ccccc2)c1. The van der Waals surface area contributed by atoms with Gasteiger partial charge in [-0.25, -0.2) is 0 Å². The molecule has 0 fully saturated rings. The van der Waals surface area contributed by atoms with E-state index in [9.17, 15) is 0 Å². The molecule has 2 atom stereocenters. The van der Waals surface area contributed by atoms with Gasteiger partial charge in [0.1, 0.15) is 13.1 Å². The summed E-state index contributed by atoms with van der Waals surface area (Å²) in [6, 6.07) is 31.0. The Kier molecular flexibility index (Phi) is 10.5. The van der Waals surface area contributed by atoms with Crippen LogP contribution in [0.1, 0.15) is 47.9 Å². The topological polar surface area (TPSA) is 8.88 Å². The van der Waals surface area contributed by atoms with Crippen molar-refractivity contribution in [3.05, 3.63) is 107 Å². The van der Waals surface area contributed by atoms with Gasteiger partial charge in [-0.15, -0.1) is 0 Å². The molecule has 0 saturated heterocycles. The van der Waals surface area contributed by atoms with Crippen molar-refractivity contribution < 1.29 is 9.80 Å². The monoisotopic (exact) mass is 430 g/mol. The van der Waals surface area contributed by atoms with Gasteiger partial charge < -0.3 is 9.80 Å². The Morgan fingerprint density at radius 3 is 1.31 bits per heavy atom. The summed E-state index contributed by atoms with van der Waals surface area (Å²) in [6.07, 6.45) is 7.53. The lowest BCUT2D eigenvalue weighted by Gasteiger charge is -2.16. The van der Waals surface area contributed by atoms with E-state index < -0.39 is 0 Å². The third kappa shape index (κ3) is 9.38. The lowest BCUT2D eigenvalue weighted by atomic mass is 10.1. The summed E-state index contributed by atoms with van der Waals surface area (Å²) in [5.74, 6) is 0. The molecular formula is C30H42N2+2. The number of nitrogens with one attached hydrogen (secondary N) is 2. The summed E-state index contributed by atoms with van der Waals surface area (Å²) in [5, 5.41) is 0. The van der Waals surface area contributed by atoms with E-state index in [1.54, 1.807) is 9.80 Å². The summed E-state index contributed by atoms with van der Waals surface area (Å²) in [5.41, 5.74) is 5.87. The molecule has 3 aromatic rings. The fraction of sp³-hybridized carbons (Fsp3) is 0.400. The Bertz CT molecular complexity index is 805. The predicted molar refractivity (Wildman–Crippen MR) is 136 cm³/mol. The maximum atomic E-state index is 2.43. The third-order valence-corrected chi connectivity index (χ3v) is 6.33. The predicted octanol–water partition coefficient (Wildman–Crippen LogP) is 3.76. The Morgan fingerprint density at radius 1 is 0.469 bits per heavy atom. The van der Waals surface area contributed by atoms with E-state index in [1.807, 2.05) is 0 Å². The molecule has 0 aliphatic carbocycles. The average Bonchev–Trinajstić information content (AvgIpc) is 2.81. The Morgan fingerprint density at radius 2 is 0.875 bits per heavy atom. The summed E-state index contributed by atoms with van der Waals surface area (Å²) < 4.78 is 0. The van der Waals surface area contributed by atoms with E-state index in [0.29, 0.717) is 0 Å². The second-order valence-corrected chi connectivity index (χ2v) is 9.47. The van der Waals surface area contributed by atoms with Gasteiger partial charge in [-0.1, -0.05) is 78.9 Å². The lowest BCUT2D eigenvalue weighted by molar-refractivity contribution is -0.894. The Balaban J connectivity index is 1.32. The summed E-state index contributed by atoms with van der Waals surface area (Å²) >= 11 is 0. The fourth-order valence-corrected chi connectivity index (χ4v) is 4.52. The molecule has 2 N–H and O–H groups in total. The number of hydrogen-bond acceptors (Lipinski definition) is 0. The number of rotatable bonds is 14. The first-order valence-electron chi connectivity index (χ1n) is 12.5. The number of aryl methyl sites for hydroxylation is 2. The summed E-state index contributed by atoms with van der Waals surface area (Å²) in [4.78, 5) is 3.22. The van der Waals surface area contributed by atoms with Gasteiger partial charge in [-0.05, 0) is 55.7 Å². The highest BCUT2D eigenvalue weighted by atomic mass is 15.1. The second-order valence-electron chi connectivity index (χ2n) is 9.47. The first-order valence-corrected chi connectivity index (χ1v) is 12.5. The first kappa shape index (κ1) is 24.2. The van der Waals surface area contributed by atoms with Crippen LogP contribution in [0, 0.1) is 0 Å². The largest absolute Gasteiger partial charge is 0.334 e. The van der Waals surface area contributed by atoms with Crippen molar-refractivity contribution in [3.63, 3.8) is 0 Å². The fourth-order valence-electron chi connectivity index (χ4n) is 4.52. The maximum absolute atomic E-state index is 2.43. The minimum Gasteiger partial charge on any atom is -0.334 e. The first-order chi connectivity index (χ1) is 15.7. The van der Waals surface area contributed by atoms with Crippen molar-refractivity contribution in [3.8, 4) is 0 Å². The molecular weight excluding hydrogens is 388 g/mol. The van der Waals surface area contributed by atoms with E-state index in [2.05, 4.69) is 99.0 Å². The van der Waals surface area contributed by atoms with E-state index in [-0.39, 0.29) is 0 Å². The van der Waals surface area contributed by atoms with Crippen LogP contribution in [0.4, 0.5) is 0 Å². The van der Waals surface area contributed by atoms with Crippen molar-refractivity contribution in [1.82, 2.24) is 0 Å². The van der Waals surface area contributed by atoms with Crippen LogP contribution >= 0.6 is 0 Å². The van der Waals surface area contributed by atoms with Crippen molar-refractivity contribution in [2.24, 2.45) is 0 Å². The van der Waals surface area contributed by atoms with Gasteiger partial charge in [0, 0.05) is 11.1 Å². The van der Waals surface area contributed by atoms with Gasteiger partial charge in [0.15, 0.2) is 0 Å². The molecule has 0 aliphatic rings. The second kappa shape index (κ2) is 13.9. The van der Waals surface area contributed by atoms with Crippen molar-refractivity contribution in [2.45, 2.75) is 51.6 Å². The van der Waals surface area contributed by atoms with Crippen LogP contribution < -0.4 is 9.80 Å². The number of quaternary nitrogens is 2. The van der Waals surface area contributed by atoms with Gasteiger partial charge in [0.25, 0.3) is 0 Å². The molecule has 0 spiro atoms. The average molecular weight is 431 g/mol. The van der Waals surface area contributed by atoms with Gasteiger partial charge >= 0.3 is 0 Å². The third-order valence-electron chi connectivity index (χ3n) is 6.33. The maximum Gasteiger partial charge on any atom is 0.103 e. The molecule has 0 aliphatic heterocycles. The van der Waals surface area contributed by atoms with Gasteiger partial charge in [-0.3, -0.25) is 0 Å². The summed E-state index contributed by atoms with van der Waals surface area (Å²) in [7, 11) is 4.67. The molecule has 0 radical (unpaired) electrons. The van der Waals surface area contributed by atoms with Crippen LogP contribution in [0.5, 0.6) is 0 Å². The van der Waals surface area contributed by atoms with Crippen LogP contribution in [0.3, 0.4) is 0 Å². The van der Waals surface area contributed by atoms with Crippen LogP contribution in [0.25, 0.3) is 0 Å². The van der Waals surface area contributed by atoms with E-state index in [1.165, 1.54) is 73.9 Å². The highest BCUT2D eigenvalue weighted by Gasteiger charge is 2.08. The van der Waals surface area contributed by atoms with E-state index in [0.717, 1.165) is 13.1 Å². The highest BCUT2D eigenvalue weighted by molar-refractivity contribution is 5.22. The lowest BCUT2D eigenvalue weighted by Crippen LogP contribution is -3.07. The molecule has 2 heteroatoms. The normalized spacial score (nSPS) is 13.1. The highest BCUT2D eigenvalue weighted by Crippen LogP contribution is 2.06. The summed E-state index contributed by atoms with van der Waals surface area (Å²) in [6.45, 7) is 4.72. The van der Waals surface area contributed by atoms with E-state index >= 15 is 0 Å². The zero-order valence-electron chi connectivity index (χ0n) is 20.2. The number of benzene rings is 3. The molecule has 3 rings (SSSR count). The zero-order valence-corrected chi connectivity index (χ0v) is 20.2. The quantitative estimate of drug-likeness (QED) is 0.360. The van der Waals surface area contributed by atoms with Crippen LogP contribution in [-0.4, -0.2) is 27.2 Å². The molecule has 32 heavy (non-hydrogen) atoms. The van der Waals surface area contributed by atoms with Crippen LogP contribution in [0.15, 0.2) is 84.9 Å². The molecule has 0 saturated carbocycles. The molecule has 170 valence electrons. The molecule has 0 bridgehead atoms. The van der Waals surface area contributed by atoms with Gasteiger partial charge in [-0.2, -0.15) is 0 Å². The van der Waals surface area contributed by atoms with Crippen LogP contribution in [0.2, 0.25) is 0 Å². The molecule has 2 unspecified atom stereocenters. The minimum absolute atomic E-state index is 1.12. The zero-order chi connectivity index (χ0) is 22.4. The van der Waals surface area contributed by atoms with Crippen molar-refractivity contribution in [2.75, 3.05) is 27.2 Å². The van der Waals surface area contributed by atoms with Crippen LogP contribution in [-0.2, 0) is 25.9 Å². The van der Waals surface area contributed by atoms with E-state index in [4.69, 9.17) is 0 Å². The minimum atomic E-state index is 1.12. The molecule has 0 heterocycles. The molecule has 0 aromatic heterocycles. The molecule has 3 aromatic carbocycles. The van der Waals surface area contributed by atoms with Crippen molar-refractivity contribution in [1.29, 1.82) is 0 Å². The molecule has 2 nitrogen and oxygen atoms in total. The standard InChI is InChI=1S/C30H40N2/c1-31(22-11-9-18-27-14-5-3-6-15-27)25-29-20-13-21-30(24-29)26-32(2)23-12-10-19-28-16-7-4-8-17-28/h3-8,13-17,20-21,24H,9-12,18-19,22-23,25-26H2,1-2H3/p+2. The Labute approximate surface area is 195 Å². The molecule has 0 amide bonds. The Hall–Kier alpha value is -2.42.